The van der Waals surface area contributed by atoms with Crippen LogP contribution in [0, 0.1) is 0 Å². The Morgan fingerprint density at radius 1 is 1.62 bits per heavy atom. The number of nitrogens with zero attached hydrogens (tertiary/aromatic N) is 2. The molecule has 0 aliphatic rings. The predicted molar refractivity (Wildman–Crippen MR) is 47.5 cm³/mol. The molecule has 5 heteroatoms. The third-order valence-corrected chi connectivity index (χ3v) is 1.24. The van der Waals surface area contributed by atoms with E-state index in [1.807, 2.05) is 6.92 Å². The Morgan fingerprint density at radius 3 is 3.00 bits per heavy atom. The number of nitrogens with one attached hydrogen (secondary N) is 1. The lowest BCUT2D eigenvalue weighted by molar-refractivity contribution is -0.114. The second-order valence-corrected chi connectivity index (χ2v) is 2.36. The van der Waals surface area contributed by atoms with Crippen molar-refractivity contribution in [2.45, 2.75) is 13.8 Å². The van der Waals surface area contributed by atoms with E-state index < -0.39 is 0 Å². The molecule has 13 heavy (non-hydrogen) atoms. The zero-order chi connectivity index (χ0) is 9.68. The van der Waals surface area contributed by atoms with Crippen LogP contribution in [0.2, 0.25) is 0 Å². The highest BCUT2D eigenvalue weighted by atomic mass is 16.5. The van der Waals surface area contributed by atoms with Crippen LogP contribution < -0.4 is 10.1 Å². The van der Waals surface area contributed by atoms with E-state index in [0.717, 1.165) is 0 Å². The lowest BCUT2D eigenvalue weighted by Gasteiger charge is -2.03. The minimum Gasteiger partial charge on any atom is -0.478 e. The van der Waals surface area contributed by atoms with Gasteiger partial charge in [-0.15, -0.1) is 0 Å². The Bertz CT molecular complexity index is 301. The van der Waals surface area contributed by atoms with Gasteiger partial charge in [0.2, 0.25) is 11.8 Å². The fraction of sp³-hybridized carbons (Fsp3) is 0.375. The second kappa shape index (κ2) is 4.39. The molecule has 1 aromatic rings. The summed E-state index contributed by atoms with van der Waals surface area (Å²) < 4.78 is 5.13. The van der Waals surface area contributed by atoms with Crippen LogP contribution in [0.25, 0.3) is 0 Å². The molecule has 0 fully saturated rings. The van der Waals surface area contributed by atoms with Gasteiger partial charge < -0.3 is 10.1 Å². The lowest BCUT2D eigenvalue weighted by atomic mass is 10.5. The van der Waals surface area contributed by atoms with Gasteiger partial charge in [0.15, 0.2) is 0 Å². The van der Waals surface area contributed by atoms with Crippen molar-refractivity contribution in [3.05, 3.63) is 12.4 Å². The Kier molecular flexibility index (Phi) is 3.19. The first kappa shape index (κ1) is 9.44. The van der Waals surface area contributed by atoms with Crippen LogP contribution in [0.1, 0.15) is 13.8 Å². The summed E-state index contributed by atoms with van der Waals surface area (Å²) in [4.78, 5) is 18.4. The normalized spacial score (nSPS) is 9.38. The SMILES string of the molecule is CCOc1cc(NC(C)=O)ncn1. The zero-order valence-corrected chi connectivity index (χ0v) is 7.57. The van der Waals surface area contributed by atoms with Crippen molar-refractivity contribution in [2.24, 2.45) is 0 Å². The van der Waals surface area contributed by atoms with E-state index in [1.54, 1.807) is 6.07 Å². The summed E-state index contributed by atoms with van der Waals surface area (Å²) in [6.07, 6.45) is 1.34. The Balaban J connectivity index is 2.73. The monoisotopic (exact) mass is 181 g/mol. The number of amides is 1. The van der Waals surface area contributed by atoms with E-state index in [9.17, 15) is 4.79 Å². The largest absolute Gasteiger partial charge is 0.478 e. The summed E-state index contributed by atoms with van der Waals surface area (Å²) in [5, 5.41) is 2.53. The van der Waals surface area contributed by atoms with Gasteiger partial charge in [0, 0.05) is 13.0 Å². The highest BCUT2D eigenvalue weighted by Gasteiger charge is 1.99. The van der Waals surface area contributed by atoms with Crippen molar-refractivity contribution in [1.29, 1.82) is 0 Å². The predicted octanol–water partition coefficient (Wildman–Crippen LogP) is 0.834. The quantitative estimate of drug-likeness (QED) is 0.750. The average Bonchev–Trinajstić information content (AvgIpc) is 2.04. The van der Waals surface area contributed by atoms with Gasteiger partial charge in [-0.1, -0.05) is 0 Å². The molecule has 1 amide bonds. The van der Waals surface area contributed by atoms with E-state index in [-0.39, 0.29) is 5.91 Å². The third kappa shape index (κ3) is 3.06. The molecule has 1 N–H and O–H groups in total. The number of carbonyl (C=O) groups is 1. The van der Waals surface area contributed by atoms with Crippen LogP contribution in [-0.4, -0.2) is 22.5 Å². The maximum absolute atomic E-state index is 10.7. The topological polar surface area (TPSA) is 64.1 Å². The molecule has 0 aliphatic carbocycles. The van der Waals surface area contributed by atoms with Crippen molar-refractivity contribution in [1.82, 2.24) is 9.97 Å². The van der Waals surface area contributed by atoms with Crippen molar-refractivity contribution in [3.63, 3.8) is 0 Å². The van der Waals surface area contributed by atoms with E-state index in [4.69, 9.17) is 4.74 Å². The summed E-state index contributed by atoms with van der Waals surface area (Å²) in [6.45, 7) is 3.82. The van der Waals surface area contributed by atoms with Gasteiger partial charge in [-0.3, -0.25) is 4.79 Å². The molecule has 0 aliphatic heterocycles. The molecule has 1 heterocycles. The average molecular weight is 181 g/mol. The first-order chi connectivity index (χ1) is 6.22. The minimum atomic E-state index is -0.166. The number of hydrogen-bond donors (Lipinski definition) is 1. The van der Waals surface area contributed by atoms with Crippen LogP contribution in [0.15, 0.2) is 12.4 Å². The number of anilines is 1. The fourth-order valence-corrected chi connectivity index (χ4v) is 0.815. The Hall–Kier alpha value is -1.65. The lowest BCUT2D eigenvalue weighted by Crippen LogP contribution is -2.08. The molecule has 0 saturated carbocycles. The van der Waals surface area contributed by atoms with Gasteiger partial charge in [-0.2, -0.15) is 0 Å². The summed E-state index contributed by atoms with van der Waals surface area (Å²) in [6, 6.07) is 1.57. The van der Waals surface area contributed by atoms with Crippen LogP contribution in [0.3, 0.4) is 0 Å². The summed E-state index contributed by atoms with van der Waals surface area (Å²) in [5.41, 5.74) is 0. The van der Waals surface area contributed by atoms with E-state index in [0.29, 0.717) is 18.3 Å². The molecule has 1 rings (SSSR count). The van der Waals surface area contributed by atoms with Gasteiger partial charge >= 0.3 is 0 Å². The van der Waals surface area contributed by atoms with Crippen molar-refractivity contribution in [2.75, 3.05) is 11.9 Å². The molecule has 0 spiro atoms. The third-order valence-electron chi connectivity index (χ3n) is 1.24. The summed E-state index contributed by atoms with van der Waals surface area (Å²) in [7, 11) is 0. The van der Waals surface area contributed by atoms with Crippen molar-refractivity contribution in [3.8, 4) is 5.88 Å². The molecule has 0 unspecified atom stereocenters. The molecule has 70 valence electrons. The number of aromatic nitrogens is 2. The maximum Gasteiger partial charge on any atom is 0.222 e. The molecule has 0 bridgehead atoms. The minimum absolute atomic E-state index is 0.166. The highest BCUT2D eigenvalue weighted by molar-refractivity contribution is 5.87. The van der Waals surface area contributed by atoms with Gasteiger partial charge in [0.25, 0.3) is 0 Å². The molecule has 5 nitrogen and oxygen atoms in total. The number of hydrogen-bond acceptors (Lipinski definition) is 4. The van der Waals surface area contributed by atoms with E-state index >= 15 is 0 Å². The molecule has 0 atom stereocenters. The molecule has 0 radical (unpaired) electrons. The van der Waals surface area contributed by atoms with Crippen LogP contribution >= 0.6 is 0 Å². The van der Waals surface area contributed by atoms with Gasteiger partial charge in [-0.25, -0.2) is 9.97 Å². The van der Waals surface area contributed by atoms with Crippen LogP contribution in [0.5, 0.6) is 5.88 Å². The molecular weight excluding hydrogens is 170 g/mol. The first-order valence-corrected chi connectivity index (χ1v) is 3.94. The summed E-state index contributed by atoms with van der Waals surface area (Å²) >= 11 is 0. The second-order valence-electron chi connectivity index (χ2n) is 2.36. The van der Waals surface area contributed by atoms with Crippen LogP contribution in [0.4, 0.5) is 5.82 Å². The Morgan fingerprint density at radius 2 is 2.38 bits per heavy atom. The van der Waals surface area contributed by atoms with E-state index in [2.05, 4.69) is 15.3 Å². The molecule has 0 saturated heterocycles. The van der Waals surface area contributed by atoms with Gasteiger partial charge in [0.05, 0.1) is 6.61 Å². The van der Waals surface area contributed by atoms with Gasteiger partial charge in [-0.05, 0) is 6.92 Å². The smallest absolute Gasteiger partial charge is 0.222 e. The van der Waals surface area contributed by atoms with Crippen molar-refractivity contribution < 1.29 is 9.53 Å². The zero-order valence-electron chi connectivity index (χ0n) is 7.57. The Labute approximate surface area is 76.2 Å². The highest BCUT2D eigenvalue weighted by Crippen LogP contribution is 2.10. The van der Waals surface area contributed by atoms with Crippen molar-refractivity contribution >= 4 is 11.7 Å². The number of rotatable bonds is 3. The standard InChI is InChI=1S/C8H11N3O2/c1-3-13-8-4-7(9-5-10-8)11-6(2)12/h4-5H,3H2,1-2H3,(H,9,10,11,12). The van der Waals surface area contributed by atoms with Gasteiger partial charge in [0.1, 0.15) is 12.1 Å². The molecular formula is C8H11N3O2. The fourth-order valence-electron chi connectivity index (χ4n) is 0.815. The molecule has 0 aromatic carbocycles. The van der Waals surface area contributed by atoms with Crippen LogP contribution in [-0.2, 0) is 4.79 Å². The number of carbonyl (C=O) groups excluding carboxylic acids is 1. The summed E-state index contributed by atoms with van der Waals surface area (Å²) in [5.74, 6) is 0.744. The number of ether oxygens (including phenoxy) is 1. The first-order valence-electron chi connectivity index (χ1n) is 3.94. The molecule has 1 aromatic heterocycles. The van der Waals surface area contributed by atoms with E-state index in [1.165, 1.54) is 13.3 Å². The maximum atomic E-state index is 10.7.